The Balaban J connectivity index is 1.62. The van der Waals surface area contributed by atoms with Crippen LogP contribution in [0, 0.1) is 17.3 Å². The highest BCUT2D eigenvalue weighted by Gasteiger charge is 2.61. The van der Waals surface area contributed by atoms with E-state index in [1.165, 1.54) is 31.9 Å². The minimum atomic E-state index is -0.391. The minimum absolute atomic E-state index is 0.192. The summed E-state index contributed by atoms with van der Waals surface area (Å²) in [5.41, 5.74) is 2.40. The zero-order valence-corrected chi connectivity index (χ0v) is 18.1. The van der Waals surface area contributed by atoms with Gasteiger partial charge in [-0.3, -0.25) is 14.4 Å². The molecule has 0 heterocycles. The van der Waals surface area contributed by atoms with E-state index in [-0.39, 0.29) is 29.4 Å². The highest BCUT2D eigenvalue weighted by Crippen LogP contribution is 2.62. The average molecular weight is 414 g/mol. The number of aryl methyl sites for hydroxylation is 1. The molecular weight excluding hydrogens is 384 g/mol. The second kappa shape index (κ2) is 7.71. The summed E-state index contributed by atoms with van der Waals surface area (Å²) in [4.78, 5) is 34.8. The fraction of sp³-hybridized carbons (Fsp3) is 0.625. The van der Waals surface area contributed by atoms with Gasteiger partial charge < -0.3 is 14.2 Å². The van der Waals surface area contributed by atoms with E-state index in [9.17, 15) is 14.4 Å². The lowest BCUT2D eigenvalue weighted by Crippen LogP contribution is -2.46. The van der Waals surface area contributed by atoms with Gasteiger partial charge in [-0.25, -0.2) is 0 Å². The number of benzene rings is 1. The molecule has 0 saturated heterocycles. The van der Waals surface area contributed by atoms with Crippen LogP contribution in [0.3, 0.4) is 0 Å². The van der Waals surface area contributed by atoms with Gasteiger partial charge in [0.1, 0.15) is 18.0 Å². The van der Waals surface area contributed by atoms with E-state index in [2.05, 4.69) is 13.0 Å². The fourth-order valence-electron chi connectivity index (χ4n) is 6.44. The van der Waals surface area contributed by atoms with Crippen molar-refractivity contribution in [3.8, 4) is 5.75 Å². The lowest BCUT2D eigenvalue weighted by atomic mass is 9.55. The van der Waals surface area contributed by atoms with Crippen LogP contribution in [0.2, 0.25) is 0 Å². The molecule has 0 radical (unpaired) electrons. The maximum atomic E-state index is 11.8. The summed E-state index contributed by atoms with van der Waals surface area (Å²) in [6.07, 6.45) is 3.83. The largest absolute Gasteiger partial charge is 0.459 e. The summed E-state index contributed by atoms with van der Waals surface area (Å²) in [6.45, 7) is 6.45. The van der Waals surface area contributed by atoms with Crippen LogP contribution in [0.25, 0.3) is 0 Å². The number of hydrogen-bond acceptors (Lipinski definition) is 6. The van der Waals surface area contributed by atoms with Gasteiger partial charge in [-0.2, -0.15) is 0 Å². The Labute approximate surface area is 177 Å². The molecule has 6 heteroatoms. The van der Waals surface area contributed by atoms with Gasteiger partial charge in [0.25, 0.3) is 0 Å². The molecule has 1 aromatic carbocycles. The van der Waals surface area contributed by atoms with Gasteiger partial charge in [0.2, 0.25) is 0 Å². The first-order chi connectivity index (χ1) is 14.2. The first-order valence-corrected chi connectivity index (χ1v) is 10.8. The third kappa shape index (κ3) is 3.61. The highest BCUT2D eigenvalue weighted by atomic mass is 16.6. The summed E-state index contributed by atoms with van der Waals surface area (Å²) in [5, 5.41) is 0. The Kier molecular flexibility index (Phi) is 5.37. The van der Waals surface area contributed by atoms with Crippen LogP contribution in [0.1, 0.15) is 70.4 Å². The quantitative estimate of drug-likeness (QED) is 0.551. The van der Waals surface area contributed by atoms with E-state index in [1.807, 2.05) is 12.1 Å². The number of rotatable bonds is 3. The van der Waals surface area contributed by atoms with Crippen molar-refractivity contribution < 1.29 is 28.6 Å². The predicted octanol–water partition coefficient (Wildman–Crippen LogP) is 3.94. The molecule has 3 aliphatic rings. The fourth-order valence-corrected chi connectivity index (χ4v) is 6.44. The summed E-state index contributed by atoms with van der Waals surface area (Å²) in [5.74, 6) is 0.839. The average Bonchev–Trinajstić information content (AvgIpc) is 2.92. The van der Waals surface area contributed by atoms with E-state index >= 15 is 0 Å². The molecule has 3 aliphatic carbocycles. The van der Waals surface area contributed by atoms with Crippen LogP contribution in [0.4, 0.5) is 0 Å². The van der Waals surface area contributed by atoms with Gasteiger partial charge in [-0.05, 0) is 73.1 Å². The zero-order chi connectivity index (χ0) is 21.6. The summed E-state index contributed by atoms with van der Waals surface area (Å²) in [7, 11) is 0. The van der Waals surface area contributed by atoms with Crippen molar-refractivity contribution in [1.29, 1.82) is 0 Å². The lowest BCUT2D eigenvalue weighted by molar-refractivity contribution is -0.171. The molecule has 2 saturated carbocycles. The van der Waals surface area contributed by atoms with Crippen molar-refractivity contribution in [1.82, 2.24) is 0 Å². The van der Waals surface area contributed by atoms with E-state index in [0.717, 1.165) is 32.1 Å². The third-order valence-corrected chi connectivity index (χ3v) is 7.48. The molecule has 6 nitrogen and oxygen atoms in total. The number of esters is 3. The molecule has 0 aromatic heterocycles. The number of ether oxygens (including phenoxy) is 3. The van der Waals surface area contributed by atoms with Crippen LogP contribution >= 0.6 is 0 Å². The van der Waals surface area contributed by atoms with Gasteiger partial charge >= 0.3 is 17.9 Å². The first kappa shape index (κ1) is 20.9. The molecule has 4 rings (SSSR count). The van der Waals surface area contributed by atoms with Crippen molar-refractivity contribution in [2.24, 2.45) is 17.3 Å². The van der Waals surface area contributed by atoms with Gasteiger partial charge in [0.15, 0.2) is 0 Å². The molecule has 1 aromatic rings. The molecule has 162 valence electrons. The molecule has 0 amide bonds. The number of fused-ring (bicyclic) bond motifs is 5. The Morgan fingerprint density at radius 1 is 1.00 bits per heavy atom. The molecular formula is C24H30O6. The Morgan fingerprint density at radius 2 is 1.73 bits per heavy atom. The monoisotopic (exact) mass is 414 g/mol. The van der Waals surface area contributed by atoms with Crippen molar-refractivity contribution in [2.45, 2.75) is 77.9 Å². The summed E-state index contributed by atoms with van der Waals surface area (Å²) < 4.78 is 16.6. The normalized spacial score (nSPS) is 34.2. The lowest BCUT2D eigenvalue weighted by Gasteiger charge is -2.50. The van der Waals surface area contributed by atoms with Crippen molar-refractivity contribution in [3.63, 3.8) is 0 Å². The molecule has 0 N–H and O–H groups in total. The number of carbonyl (C=O) groups excluding carboxylic acids is 3. The van der Waals surface area contributed by atoms with Gasteiger partial charge in [0, 0.05) is 26.2 Å². The second-order valence-corrected chi connectivity index (χ2v) is 9.33. The molecule has 0 aliphatic heterocycles. The van der Waals surface area contributed by atoms with E-state index < -0.39 is 6.10 Å². The number of hydrogen-bond donors (Lipinski definition) is 0. The highest BCUT2D eigenvalue weighted by molar-refractivity contribution is 5.69. The third-order valence-electron chi connectivity index (χ3n) is 7.48. The van der Waals surface area contributed by atoms with E-state index in [1.54, 1.807) is 0 Å². The maximum Gasteiger partial charge on any atom is 0.308 e. The zero-order valence-electron chi connectivity index (χ0n) is 18.1. The number of carbonyl (C=O) groups is 3. The SMILES string of the molecule is CC(=O)Oc1ccc2c(c1)CC[C@H]1[C@H]3C[C@@H](OC(C)=O)[C@H](OC(C)=O)[C@@]3(C)CC[C@@H]21. The summed E-state index contributed by atoms with van der Waals surface area (Å²) >= 11 is 0. The maximum absolute atomic E-state index is 11.8. The molecule has 0 spiro atoms. The van der Waals surface area contributed by atoms with Crippen LogP contribution in [-0.2, 0) is 30.3 Å². The van der Waals surface area contributed by atoms with Gasteiger partial charge in [-0.15, -0.1) is 0 Å². The van der Waals surface area contributed by atoms with Crippen molar-refractivity contribution in [3.05, 3.63) is 29.3 Å². The standard InChI is InChI=1S/C24H30O6/c1-13(25)28-17-6-8-18-16(11-17)5-7-20-19(18)9-10-24(4)21(20)12-22(29-14(2)26)23(24)30-15(3)27/h6,8,11,19-23H,5,7,9-10,12H2,1-4H3/t19-,20+,21+,22+,23-,24-/m0/s1. The topological polar surface area (TPSA) is 78.9 Å². The van der Waals surface area contributed by atoms with Crippen molar-refractivity contribution in [2.75, 3.05) is 0 Å². The summed E-state index contributed by atoms with van der Waals surface area (Å²) in [6, 6.07) is 5.99. The minimum Gasteiger partial charge on any atom is -0.459 e. The Bertz CT molecular complexity index is 876. The van der Waals surface area contributed by atoms with Crippen LogP contribution in [-0.4, -0.2) is 30.1 Å². The first-order valence-electron chi connectivity index (χ1n) is 10.8. The predicted molar refractivity (Wildman–Crippen MR) is 109 cm³/mol. The Hall–Kier alpha value is -2.37. The molecule has 0 bridgehead atoms. The molecule has 2 fully saturated rings. The van der Waals surface area contributed by atoms with Crippen molar-refractivity contribution >= 4 is 17.9 Å². The van der Waals surface area contributed by atoms with Gasteiger partial charge in [-0.1, -0.05) is 13.0 Å². The Morgan fingerprint density at radius 3 is 2.40 bits per heavy atom. The second-order valence-electron chi connectivity index (χ2n) is 9.33. The smallest absolute Gasteiger partial charge is 0.308 e. The molecule has 6 atom stereocenters. The van der Waals surface area contributed by atoms with Crippen LogP contribution in [0.5, 0.6) is 5.75 Å². The van der Waals surface area contributed by atoms with E-state index in [4.69, 9.17) is 14.2 Å². The van der Waals surface area contributed by atoms with Gasteiger partial charge in [0.05, 0.1) is 0 Å². The molecule has 30 heavy (non-hydrogen) atoms. The van der Waals surface area contributed by atoms with Crippen LogP contribution < -0.4 is 4.74 Å². The van der Waals surface area contributed by atoms with E-state index in [0.29, 0.717) is 23.5 Å². The van der Waals surface area contributed by atoms with Crippen LogP contribution in [0.15, 0.2) is 18.2 Å². The molecule has 0 unspecified atom stereocenters.